The van der Waals surface area contributed by atoms with E-state index >= 15 is 0 Å². The van der Waals surface area contributed by atoms with Gasteiger partial charge in [-0.2, -0.15) is 0 Å². The molecule has 0 aliphatic carbocycles. The van der Waals surface area contributed by atoms with Crippen molar-refractivity contribution in [3.63, 3.8) is 0 Å². The molecule has 42 heavy (non-hydrogen) atoms. The van der Waals surface area contributed by atoms with Crippen molar-refractivity contribution in [2.75, 3.05) is 13.7 Å². The van der Waals surface area contributed by atoms with Gasteiger partial charge in [0.2, 0.25) is 0 Å². The van der Waals surface area contributed by atoms with Crippen LogP contribution in [0.2, 0.25) is 5.02 Å². The number of hydrogen-bond acceptors (Lipinski definition) is 6. The zero-order valence-corrected chi connectivity index (χ0v) is 24.9. The molecule has 3 heterocycles. The second-order valence-electron chi connectivity index (χ2n) is 9.90. The molecule has 1 aliphatic heterocycles. The molecule has 1 atom stereocenters. The molecule has 3 aromatic carbocycles. The number of para-hydroxylation sites is 2. The first-order valence-electron chi connectivity index (χ1n) is 13.5. The van der Waals surface area contributed by atoms with Gasteiger partial charge in [0, 0.05) is 39.8 Å². The highest BCUT2D eigenvalue weighted by atomic mass is 35.5. The van der Waals surface area contributed by atoms with Crippen LogP contribution < -0.4 is 19.6 Å². The SMILES string of the molecule is CCOC(=O)C1=C(C)N=c2s/c(=C/c3cn(Cc4ccc(Cl)cc4)c4ccccc34)c(=O)n2[C@@H]1c1ccccc1OC. The van der Waals surface area contributed by atoms with E-state index in [1.807, 2.05) is 66.7 Å². The van der Waals surface area contributed by atoms with Gasteiger partial charge in [0.05, 0.1) is 29.5 Å². The quantitative estimate of drug-likeness (QED) is 0.233. The molecule has 7 nitrogen and oxygen atoms in total. The normalized spacial score (nSPS) is 15.0. The summed E-state index contributed by atoms with van der Waals surface area (Å²) in [5, 5.41) is 1.72. The molecule has 0 radical (unpaired) electrons. The van der Waals surface area contributed by atoms with Crippen LogP contribution in [-0.4, -0.2) is 28.8 Å². The van der Waals surface area contributed by atoms with Crippen molar-refractivity contribution in [1.82, 2.24) is 9.13 Å². The molecule has 0 spiro atoms. The van der Waals surface area contributed by atoms with Gasteiger partial charge < -0.3 is 14.0 Å². The van der Waals surface area contributed by atoms with E-state index in [-0.39, 0.29) is 12.2 Å². The van der Waals surface area contributed by atoms with E-state index in [0.29, 0.717) is 43.5 Å². The van der Waals surface area contributed by atoms with Crippen molar-refractivity contribution in [1.29, 1.82) is 0 Å². The molecule has 212 valence electrons. The highest BCUT2D eigenvalue weighted by molar-refractivity contribution is 7.07. The van der Waals surface area contributed by atoms with Crippen LogP contribution >= 0.6 is 22.9 Å². The molecule has 1 aliphatic rings. The van der Waals surface area contributed by atoms with Gasteiger partial charge in [-0.3, -0.25) is 9.36 Å². The number of fused-ring (bicyclic) bond motifs is 2. The van der Waals surface area contributed by atoms with Crippen LogP contribution in [0, 0.1) is 0 Å². The number of benzene rings is 3. The third-order valence-electron chi connectivity index (χ3n) is 7.32. The van der Waals surface area contributed by atoms with E-state index in [1.54, 1.807) is 25.5 Å². The van der Waals surface area contributed by atoms with Gasteiger partial charge in [0.1, 0.15) is 11.8 Å². The van der Waals surface area contributed by atoms with Crippen LogP contribution in [0.15, 0.2) is 100 Å². The number of allylic oxidation sites excluding steroid dienone is 1. The Morgan fingerprint density at radius 1 is 1.07 bits per heavy atom. The van der Waals surface area contributed by atoms with Crippen molar-refractivity contribution in [2.45, 2.75) is 26.4 Å². The van der Waals surface area contributed by atoms with Crippen molar-refractivity contribution in [3.05, 3.63) is 132 Å². The summed E-state index contributed by atoms with van der Waals surface area (Å²) in [4.78, 5) is 32.6. The molecule has 6 rings (SSSR count). The Labute approximate surface area is 251 Å². The van der Waals surface area contributed by atoms with Crippen LogP contribution in [0.4, 0.5) is 0 Å². The summed E-state index contributed by atoms with van der Waals surface area (Å²) in [6.07, 6.45) is 3.97. The van der Waals surface area contributed by atoms with Gasteiger partial charge in [-0.05, 0) is 49.8 Å². The second-order valence-corrected chi connectivity index (χ2v) is 11.3. The van der Waals surface area contributed by atoms with E-state index in [0.717, 1.165) is 22.0 Å². The number of carbonyl (C=O) groups excluding carboxylic acids is 1. The zero-order valence-electron chi connectivity index (χ0n) is 23.3. The molecular weight excluding hydrogens is 570 g/mol. The maximum atomic E-state index is 14.1. The minimum absolute atomic E-state index is 0.207. The van der Waals surface area contributed by atoms with Gasteiger partial charge in [-0.15, -0.1) is 0 Å². The van der Waals surface area contributed by atoms with Crippen molar-refractivity contribution in [2.24, 2.45) is 4.99 Å². The molecule has 0 saturated heterocycles. The number of carbonyl (C=O) groups is 1. The monoisotopic (exact) mass is 597 g/mol. The number of aromatic nitrogens is 2. The summed E-state index contributed by atoms with van der Waals surface area (Å²) in [5.41, 5.74) is 4.36. The Balaban J connectivity index is 1.53. The number of rotatable bonds is 7. The predicted molar refractivity (Wildman–Crippen MR) is 166 cm³/mol. The van der Waals surface area contributed by atoms with Crippen molar-refractivity contribution >= 4 is 45.9 Å². The molecule has 0 N–H and O–H groups in total. The summed E-state index contributed by atoms with van der Waals surface area (Å²) < 4.78 is 15.3. The number of ether oxygens (including phenoxy) is 2. The molecule has 0 unspecified atom stereocenters. The van der Waals surface area contributed by atoms with E-state index in [9.17, 15) is 9.59 Å². The smallest absolute Gasteiger partial charge is 0.338 e. The Morgan fingerprint density at radius 3 is 2.57 bits per heavy atom. The molecular formula is C33H28ClN3O4S. The summed E-state index contributed by atoms with van der Waals surface area (Å²) in [6, 6.07) is 22.6. The van der Waals surface area contributed by atoms with Gasteiger partial charge >= 0.3 is 5.97 Å². The first-order valence-corrected chi connectivity index (χ1v) is 14.7. The van der Waals surface area contributed by atoms with Gasteiger partial charge in [0.15, 0.2) is 4.80 Å². The number of hydrogen-bond donors (Lipinski definition) is 0. The van der Waals surface area contributed by atoms with E-state index in [1.165, 1.54) is 11.3 Å². The van der Waals surface area contributed by atoms with Gasteiger partial charge in [-0.1, -0.05) is 71.5 Å². The molecule has 5 aromatic rings. The van der Waals surface area contributed by atoms with E-state index < -0.39 is 12.0 Å². The van der Waals surface area contributed by atoms with Crippen LogP contribution in [0.1, 0.15) is 36.6 Å². The summed E-state index contributed by atoms with van der Waals surface area (Å²) in [7, 11) is 1.57. The lowest BCUT2D eigenvalue weighted by Gasteiger charge is -2.25. The highest BCUT2D eigenvalue weighted by Gasteiger charge is 2.35. The first-order chi connectivity index (χ1) is 20.4. The minimum Gasteiger partial charge on any atom is -0.496 e. The third kappa shape index (κ3) is 4.97. The first kappa shape index (κ1) is 27.8. The number of halogens is 1. The maximum Gasteiger partial charge on any atom is 0.338 e. The molecule has 0 bridgehead atoms. The van der Waals surface area contributed by atoms with Crippen molar-refractivity contribution in [3.8, 4) is 5.75 Å². The Morgan fingerprint density at radius 2 is 1.81 bits per heavy atom. The fraction of sp³-hybridized carbons (Fsp3) is 0.182. The predicted octanol–water partition coefficient (Wildman–Crippen LogP) is 5.46. The summed E-state index contributed by atoms with van der Waals surface area (Å²) >= 11 is 7.39. The minimum atomic E-state index is -0.746. The highest BCUT2D eigenvalue weighted by Crippen LogP contribution is 2.35. The standard InChI is InChI=1S/C33H28ClN3O4S/c1-4-41-32(39)29-20(2)35-33-37(30(29)25-10-6-8-12-27(25)40-3)31(38)28(42-33)17-22-19-36(26-11-7-5-9-24(22)26)18-21-13-15-23(34)16-14-21/h5-17,19,30H,4,18H2,1-3H3/b28-17+/t30-/m1/s1. The summed E-state index contributed by atoms with van der Waals surface area (Å²) in [6.45, 7) is 4.39. The zero-order chi connectivity index (χ0) is 29.4. The fourth-order valence-electron chi connectivity index (χ4n) is 5.43. The second kappa shape index (κ2) is 11.5. The van der Waals surface area contributed by atoms with Crippen molar-refractivity contribution < 1.29 is 14.3 Å². The number of nitrogens with zero attached hydrogens (tertiary/aromatic N) is 3. The maximum absolute atomic E-state index is 14.1. The average molecular weight is 598 g/mol. The molecule has 0 saturated carbocycles. The van der Waals surface area contributed by atoms with Crippen LogP contribution in [0.25, 0.3) is 17.0 Å². The van der Waals surface area contributed by atoms with Gasteiger partial charge in [-0.25, -0.2) is 9.79 Å². The van der Waals surface area contributed by atoms with Crippen LogP contribution in [0.5, 0.6) is 5.75 Å². The van der Waals surface area contributed by atoms with E-state index in [4.69, 9.17) is 26.1 Å². The largest absolute Gasteiger partial charge is 0.496 e. The number of esters is 1. The number of thiazole rings is 1. The Bertz CT molecular complexity index is 2040. The average Bonchev–Trinajstić information content (AvgIpc) is 3.49. The summed E-state index contributed by atoms with van der Waals surface area (Å²) in [5.74, 6) is 0.0630. The molecule has 0 fully saturated rings. The lowest BCUT2D eigenvalue weighted by Crippen LogP contribution is -2.40. The van der Waals surface area contributed by atoms with Crippen LogP contribution in [-0.2, 0) is 16.1 Å². The number of methoxy groups -OCH3 is 1. The topological polar surface area (TPSA) is 74.8 Å². The molecule has 0 amide bonds. The van der Waals surface area contributed by atoms with Crippen LogP contribution in [0.3, 0.4) is 0 Å². The lowest BCUT2D eigenvalue weighted by molar-refractivity contribution is -0.139. The Hall–Kier alpha value is -4.40. The third-order valence-corrected chi connectivity index (χ3v) is 8.56. The fourth-order valence-corrected chi connectivity index (χ4v) is 6.59. The Kier molecular flexibility index (Phi) is 7.58. The van der Waals surface area contributed by atoms with E-state index in [2.05, 4.69) is 22.9 Å². The lowest BCUT2D eigenvalue weighted by atomic mass is 9.95. The molecule has 9 heteroatoms. The van der Waals surface area contributed by atoms with Gasteiger partial charge in [0.25, 0.3) is 5.56 Å². The molecule has 2 aromatic heterocycles.